The summed E-state index contributed by atoms with van der Waals surface area (Å²) in [7, 11) is 0. The Balaban J connectivity index is 1.55. The van der Waals surface area contributed by atoms with E-state index >= 15 is 0 Å². The van der Waals surface area contributed by atoms with E-state index < -0.39 is 23.9 Å². The number of imide groups is 1. The number of nitrogens with one attached hydrogen (secondary N) is 1. The van der Waals surface area contributed by atoms with E-state index in [-0.39, 0.29) is 39.3 Å². The van der Waals surface area contributed by atoms with Crippen LogP contribution >= 0.6 is 11.6 Å². The number of carbonyl (C=O) groups is 4. The van der Waals surface area contributed by atoms with Gasteiger partial charge >= 0.3 is 5.97 Å². The lowest BCUT2D eigenvalue weighted by Gasteiger charge is -2.15. The molecule has 1 N–H and O–H groups in total. The molecule has 0 radical (unpaired) electrons. The van der Waals surface area contributed by atoms with Crippen molar-refractivity contribution in [1.82, 2.24) is 5.32 Å². The summed E-state index contributed by atoms with van der Waals surface area (Å²) in [6.07, 6.45) is 0.887. The van der Waals surface area contributed by atoms with Crippen molar-refractivity contribution in [3.8, 4) is 0 Å². The Morgan fingerprint density at radius 1 is 1.10 bits per heavy atom. The molecule has 7 nitrogen and oxygen atoms in total. The summed E-state index contributed by atoms with van der Waals surface area (Å²) in [6, 6.07) is 10.8. The van der Waals surface area contributed by atoms with Crippen LogP contribution in [0.4, 0.5) is 5.69 Å². The normalized spacial score (nSPS) is 16.4. The van der Waals surface area contributed by atoms with E-state index in [0.717, 1.165) is 17.7 Å². The van der Waals surface area contributed by atoms with Crippen molar-refractivity contribution in [3.05, 3.63) is 64.2 Å². The Labute approximate surface area is 171 Å². The van der Waals surface area contributed by atoms with E-state index in [4.69, 9.17) is 16.3 Å². The molecule has 1 heterocycles. The zero-order valence-corrected chi connectivity index (χ0v) is 16.2. The summed E-state index contributed by atoms with van der Waals surface area (Å²) in [5.74, 6) is -2.21. The van der Waals surface area contributed by atoms with Gasteiger partial charge in [-0.2, -0.15) is 0 Å². The van der Waals surface area contributed by atoms with Gasteiger partial charge in [-0.05, 0) is 50.1 Å². The number of hydrogen-bond acceptors (Lipinski definition) is 5. The summed E-state index contributed by atoms with van der Waals surface area (Å²) in [5, 5.41) is 3.02. The fourth-order valence-corrected chi connectivity index (χ4v) is 3.27. The highest BCUT2D eigenvalue weighted by molar-refractivity contribution is 6.39. The quantitative estimate of drug-likeness (QED) is 0.602. The molecule has 0 unspecified atom stereocenters. The van der Waals surface area contributed by atoms with Crippen molar-refractivity contribution < 1.29 is 23.9 Å². The Kier molecular flexibility index (Phi) is 4.84. The van der Waals surface area contributed by atoms with Crippen LogP contribution in [0.2, 0.25) is 5.02 Å². The van der Waals surface area contributed by atoms with Gasteiger partial charge in [-0.25, -0.2) is 9.69 Å². The van der Waals surface area contributed by atoms with Crippen LogP contribution in [0, 0.1) is 0 Å². The summed E-state index contributed by atoms with van der Waals surface area (Å²) in [6.45, 7) is 1.48. The lowest BCUT2D eigenvalue weighted by atomic mass is 10.1. The predicted molar refractivity (Wildman–Crippen MR) is 105 cm³/mol. The first-order valence-corrected chi connectivity index (χ1v) is 9.53. The molecule has 2 aromatic rings. The van der Waals surface area contributed by atoms with Gasteiger partial charge in [0.2, 0.25) is 0 Å². The SMILES string of the molecule is C[C@@H](OC(=O)c1ccc2c(c1)C(=O)N(c1ccccc1Cl)C2=O)C(=O)NC1CC1. The maximum absolute atomic E-state index is 12.8. The van der Waals surface area contributed by atoms with Gasteiger partial charge in [0.25, 0.3) is 17.7 Å². The van der Waals surface area contributed by atoms with Gasteiger partial charge in [0.1, 0.15) is 0 Å². The molecular formula is C21H17ClN2O5. The number of hydrogen-bond donors (Lipinski definition) is 1. The molecule has 2 aromatic carbocycles. The van der Waals surface area contributed by atoms with Gasteiger partial charge in [-0.15, -0.1) is 0 Å². The number of fused-ring (bicyclic) bond motifs is 1. The first-order chi connectivity index (χ1) is 13.9. The van der Waals surface area contributed by atoms with Crippen molar-refractivity contribution in [2.75, 3.05) is 4.90 Å². The molecule has 3 amide bonds. The van der Waals surface area contributed by atoms with E-state index in [2.05, 4.69) is 5.32 Å². The van der Waals surface area contributed by atoms with Gasteiger partial charge < -0.3 is 10.1 Å². The second-order valence-corrected chi connectivity index (χ2v) is 7.40. The van der Waals surface area contributed by atoms with Crippen LogP contribution in [0.1, 0.15) is 50.8 Å². The topological polar surface area (TPSA) is 92.8 Å². The number of ether oxygens (including phenoxy) is 1. The first-order valence-electron chi connectivity index (χ1n) is 9.15. The third kappa shape index (κ3) is 3.61. The van der Waals surface area contributed by atoms with Crippen LogP contribution in [0.5, 0.6) is 0 Å². The minimum absolute atomic E-state index is 0.0805. The molecule has 1 fully saturated rings. The van der Waals surface area contributed by atoms with Gasteiger partial charge in [-0.1, -0.05) is 23.7 Å². The third-order valence-corrected chi connectivity index (χ3v) is 5.11. The zero-order valence-electron chi connectivity index (χ0n) is 15.5. The molecule has 0 bridgehead atoms. The van der Waals surface area contributed by atoms with Crippen molar-refractivity contribution in [2.24, 2.45) is 0 Å². The lowest BCUT2D eigenvalue weighted by molar-refractivity contribution is -0.129. The average molecular weight is 413 g/mol. The van der Waals surface area contributed by atoms with Crippen LogP contribution in [0.25, 0.3) is 0 Å². The van der Waals surface area contributed by atoms with Crippen molar-refractivity contribution >= 4 is 41.0 Å². The fraction of sp³-hybridized carbons (Fsp3) is 0.238. The summed E-state index contributed by atoms with van der Waals surface area (Å²) in [4.78, 5) is 50.9. The highest BCUT2D eigenvalue weighted by atomic mass is 35.5. The molecule has 2 aliphatic rings. The molecule has 0 saturated heterocycles. The predicted octanol–water partition coefficient (Wildman–Crippen LogP) is 2.96. The number of benzene rings is 2. The second kappa shape index (κ2) is 7.33. The molecule has 8 heteroatoms. The summed E-state index contributed by atoms with van der Waals surface area (Å²) in [5.41, 5.74) is 0.609. The maximum atomic E-state index is 12.8. The second-order valence-electron chi connectivity index (χ2n) is 6.99. The Bertz CT molecular complexity index is 1050. The number of esters is 1. The molecular weight excluding hydrogens is 396 g/mol. The van der Waals surface area contributed by atoms with Gasteiger partial charge in [0.15, 0.2) is 6.10 Å². The van der Waals surface area contributed by atoms with E-state index in [1.54, 1.807) is 24.3 Å². The van der Waals surface area contributed by atoms with Crippen molar-refractivity contribution in [1.29, 1.82) is 0 Å². The van der Waals surface area contributed by atoms with E-state index in [1.807, 2.05) is 0 Å². The van der Waals surface area contributed by atoms with E-state index in [1.165, 1.54) is 25.1 Å². The zero-order chi connectivity index (χ0) is 20.7. The third-order valence-electron chi connectivity index (χ3n) is 4.79. The van der Waals surface area contributed by atoms with Crippen LogP contribution in [0.15, 0.2) is 42.5 Å². The molecule has 1 aliphatic heterocycles. The van der Waals surface area contributed by atoms with Crippen LogP contribution in [-0.2, 0) is 9.53 Å². The fourth-order valence-electron chi connectivity index (χ4n) is 3.05. The molecule has 0 spiro atoms. The van der Waals surface area contributed by atoms with Crippen molar-refractivity contribution in [2.45, 2.75) is 31.9 Å². The lowest BCUT2D eigenvalue weighted by Crippen LogP contribution is -2.37. The standard InChI is InChI=1S/C21H17ClN2O5/c1-11(18(25)23-13-7-8-13)29-21(28)12-6-9-14-15(10-12)20(27)24(19(14)26)17-5-3-2-4-16(17)22/h2-6,9-11,13H,7-8H2,1H3,(H,23,25)/t11-/m1/s1. The Morgan fingerprint density at radius 3 is 2.48 bits per heavy atom. The first kappa shape index (κ1) is 19.1. The van der Waals surface area contributed by atoms with Crippen LogP contribution < -0.4 is 10.2 Å². The molecule has 1 aliphatic carbocycles. The van der Waals surface area contributed by atoms with Crippen molar-refractivity contribution in [3.63, 3.8) is 0 Å². The summed E-state index contributed by atoms with van der Waals surface area (Å²) < 4.78 is 5.20. The molecule has 29 heavy (non-hydrogen) atoms. The van der Waals surface area contributed by atoms with Gasteiger partial charge in [0, 0.05) is 6.04 Å². The largest absolute Gasteiger partial charge is 0.449 e. The number of carbonyl (C=O) groups excluding carboxylic acids is 4. The number of rotatable bonds is 5. The highest BCUT2D eigenvalue weighted by Crippen LogP contribution is 2.33. The van der Waals surface area contributed by atoms with E-state index in [0.29, 0.717) is 0 Å². The molecule has 1 saturated carbocycles. The van der Waals surface area contributed by atoms with Crippen LogP contribution in [0.3, 0.4) is 0 Å². The molecule has 4 rings (SSSR count). The van der Waals surface area contributed by atoms with Gasteiger partial charge in [0.05, 0.1) is 27.4 Å². The summed E-state index contributed by atoms with van der Waals surface area (Å²) >= 11 is 6.13. The molecule has 148 valence electrons. The smallest absolute Gasteiger partial charge is 0.338 e. The molecule has 0 aromatic heterocycles. The van der Waals surface area contributed by atoms with Gasteiger partial charge in [-0.3, -0.25) is 14.4 Å². The minimum atomic E-state index is -0.965. The number of para-hydroxylation sites is 1. The number of nitrogens with zero attached hydrogens (tertiary/aromatic N) is 1. The molecule has 1 atom stereocenters. The Hall–Kier alpha value is -3.19. The Morgan fingerprint density at radius 2 is 1.79 bits per heavy atom. The minimum Gasteiger partial charge on any atom is -0.449 e. The average Bonchev–Trinajstić information content (AvgIpc) is 3.48. The van der Waals surface area contributed by atoms with E-state index in [9.17, 15) is 19.2 Å². The maximum Gasteiger partial charge on any atom is 0.338 e. The number of anilines is 1. The monoisotopic (exact) mass is 412 g/mol. The number of halogens is 1. The van der Waals surface area contributed by atoms with Crippen LogP contribution in [-0.4, -0.2) is 35.8 Å². The highest BCUT2D eigenvalue weighted by Gasteiger charge is 2.38. The number of amides is 3.